The number of halogens is 1. The topological polar surface area (TPSA) is 70.6 Å². The zero-order valence-corrected chi connectivity index (χ0v) is 18.4. The Labute approximate surface area is 183 Å². The van der Waals surface area contributed by atoms with Gasteiger partial charge in [-0.05, 0) is 63.2 Å². The Kier molecular flexibility index (Phi) is 8.58. The summed E-state index contributed by atoms with van der Waals surface area (Å²) < 4.78 is 18.8. The van der Waals surface area contributed by atoms with Crippen LogP contribution in [0.5, 0.6) is 11.6 Å². The molecule has 0 spiro atoms. The van der Waals surface area contributed by atoms with Gasteiger partial charge in [0, 0.05) is 37.8 Å². The molecule has 0 bridgehead atoms. The van der Waals surface area contributed by atoms with E-state index in [0.29, 0.717) is 17.6 Å². The van der Waals surface area contributed by atoms with Crippen LogP contribution in [0.15, 0.2) is 36.5 Å². The van der Waals surface area contributed by atoms with Gasteiger partial charge in [0.15, 0.2) is 0 Å². The average molecular weight is 430 g/mol. The maximum absolute atomic E-state index is 13.1. The fourth-order valence-corrected chi connectivity index (χ4v) is 3.71. The van der Waals surface area contributed by atoms with E-state index in [9.17, 15) is 9.18 Å². The summed E-state index contributed by atoms with van der Waals surface area (Å²) in [7, 11) is 0. The minimum Gasteiger partial charge on any atom is -0.439 e. The van der Waals surface area contributed by atoms with E-state index in [1.165, 1.54) is 12.1 Å². The van der Waals surface area contributed by atoms with Crippen LogP contribution in [0.2, 0.25) is 0 Å². The van der Waals surface area contributed by atoms with Crippen molar-refractivity contribution in [2.24, 2.45) is 5.92 Å². The molecule has 0 aliphatic carbocycles. The molecule has 1 fully saturated rings. The van der Waals surface area contributed by atoms with Crippen molar-refractivity contribution in [1.29, 1.82) is 0 Å². The monoisotopic (exact) mass is 429 g/mol. The number of anilines is 1. The molecular weight excluding hydrogens is 397 g/mol. The molecule has 7 nitrogen and oxygen atoms in total. The van der Waals surface area contributed by atoms with Crippen molar-refractivity contribution >= 4 is 11.9 Å². The Balaban J connectivity index is 1.45. The Morgan fingerprint density at radius 1 is 1.19 bits per heavy atom. The molecule has 2 heterocycles. The maximum atomic E-state index is 13.1. The Bertz CT molecular complexity index is 821. The first-order valence-electron chi connectivity index (χ1n) is 11.1. The minimum atomic E-state index is -0.313. The van der Waals surface area contributed by atoms with Gasteiger partial charge in [-0.15, -0.1) is 0 Å². The van der Waals surface area contributed by atoms with Gasteiger partial charge in [0.25, 0.3) is 0 Å². The summed E-state index contributed by atoms with van der Waals surface area (Å²) in [6.07, 6.45) is 4.17. The number of aromatic nitrogens is 2. The Hall–Kier alpha value is -2.74. The smallest absolute Gasteiger partial charge is 0.228 e. The molecule has 3 rings (SSSR count). The number of amides is 1. The van der Waals surface area contributed by atoms with Crippen molar-refractivity contribution in [3.8, 4) is 11.6 Å². The van der Waals surface area contributed by atoms with Crippen molar-refractivity contribution in [2.45, 2.75) is 33.1 Å². The Morgan fingerprint density at radius 2 is 1.90 bits per heavy atom. The van der Waals surface area contributed by atoms with Crippen molar-refractivity contribution < 1.29 is 13.9 Å². The number of hydrogen-bond acceptors (Lipinski definition) is 6. The highest BCUT2D eigenvalue weighted by Gasteiger charge is 2.26. The number of benzene rings is 1. The molecule has 8 heteroatoms. The van der Waals surface area contributed by atoms with Gasteiger partial charge in [-0.1, -0.05) is 13.8 Å². The number of ether oxygens (including phenoxy) is 1. The van der Waals surface area contributed by atoms with Gasteiger partial charge >= 0.3 is 0 Å². The van der Waals surface area contributed by atoms with Crippen LogP contribution >= 0.6 is 0 Å². The molecule has 1 aromatic carbocycles. The second-order valence-electron chi connectivity index (χ2n) is 7.68. The van der Waals surface area contributed by atoms with E-state index < -0.39 is 0 Å². The van der Waals surface area contributed by atoms with Gasteiger partial charge in [-0.25, -0.2) is 9.37 Å². The summed E-state index contributed by atoms with van der Waals surface area (Å²) in [6.45, 7) is 9.58. The summed E-state index contributed by atoms with van der Waals surface area (Å²) in [5, 5.41) is 3.09. The predicted molar refractivity (Wildman–Crippen MR) is 119 cm³/mol. The van der Waals surface area contributed by atoms with E-state index in [2.05, 4.69) is 38.9 Å². The molecule has 1 aromatic heterocycles. The zero-order valence-electron chi connectivity index (χ0n) is 18.4. The predicted octanol–water partition coefficient (Wildman–Crippen LogP) is 3.47. The first-order valence-corrected chi connectivity index (χ1v) is 11.1. The summed E-state index contributed by atoms with van der Waals surface area (Å²) in [5.74, 6) is 1.37. The third-order valence-electron chi connectivity index (χ3n) is 5.65. The van der Waals surface area contributed by atoms with Gasteiger partial charge in [-0.2, -0.15) is 4.98 Å². The molecular formula is C23H32FN5O2. The fourth-order valence-electron chi connectivity index (χ4n) is 3.71. The van der Waals surface area contributed by atoms with E-state index in [4.69, 9.17) is 4.74 Å². The molecule has 31 heavy (non-hydrogen) atoms. The molecule has 2 aromatic rings. The molecule has 1 saturated heterocycles. The van der Waals surface area contributed by atoms with Gasteiger partial charge in [0.2, 0.25) is 17.7 Å². The van der Waals surface area contributed by atoms with E-state index in [0.717, 1.165) is 58.5 Å². The lowest BCUT2D eigenvalue weighted by molar-refractivity contribution is -0.125. The van der Waals surface area contributed by atoms with Crippen LogP contribution in [0.4, 0.5) is 10.3 Å². The molecule has 0 unspecified atom stereocenters. The van der Waals surface area contributed by atoms with Gasteiger partial charge < -0.3 is 19.9 Å². The standard InChI is InChI=1S/C23H32FN5O2/c1-3-28(4-2)15-5-13-25-22(30)18-11-16-29(17-12-18)23-26-14-10-21(27-23)31-20-8-6-19(24)7-9-20/h6-10,14,18H,3-5,11-13,15-17H2,1-2H3,(H,25,30). The molecule has 0 radical (unpaired) electrons. The summed E-state index contributed by atoms with van der Waals surface area (Å²) in [6, 6.07) is 7.48. The lowest BCUT2D eigenvalue weighted by Crippen LogP contribution is -2.41. The Morgan fingerprint density at radius 3 is 2.58 bits per heavy atom. The first-order chi connectivity index (χ1) is 15.1. The highest BCUT2D eigenvalue weighted by Crippen LogP contribution is 2.24. The normalized spacial score (nSPS) is 14.6. The van der Waals surface area contributed by atoms with Gasteiger partial charge in [0.1, 0.15) is 11.6 Å². The molecule has 1 aliphatic heterocycles. The highest BCUT2D eigenvalue weighted by atomic mass is 19.1. The van der Waals surface area contributed by atoms with E-state index >= 15 is 0 Å². The lowest BCUT2D eigenvalue weighted by atomic mass is 9.96. The molecule has 168 valence electrons. The number of carbonyl (C=O) groups is 1. The number of carbonyl (C=O) groups excluding carboxylic acids is 1. The van der Waals surface area contributed by atoms with E-state index in [1.807, 2.05) is 0 Å². The number of nitrogens with one attached hydrogen (secondary N) is 1. The maximum Gasteiger partial charge on any atom is 0.228 e. The van der Waals surface area contributed by atoms with Crippen LogP contribution in [0, 0.1) is 11.7 Å². The van der Waals surface area contributed by atoms with Crippen molar-refractivity contribution in [2.75, 3.05) is 44.2 Å². The van der Waals surface area contributed by atoms with Crippen LogP contribution < -0.4 is 15.0 Å². The van der Waals surface area contributed by atoms with Gasteiger partial charge in [0.05, 0.1) is 0 Å². The van der Waals surface area contributed by atoms with Crippen molar-refractivity contribution in [1.82, 2.24) is 20.2 Å². The van der Waals surface area contributed by atoms with Crippen LogP contribution in [-0.4, -0.2) is 60.0 Å². The number of piperidine rings is 1. The van der Waals surface area contributed by atoms with Crippen molar-refractivity contribution in [3.63, 3.8) is 0 Å². The minimum absolute atomic E-state index is 0.0309. The van der Waals surface area contributed by atoms with Crippen LogP contribution in [0.1, 0.15) is 33.1 Å². The second-order valence-corrected chi connectivity index (χ2v) is 7.68. The molecule has 1 aliphatic rings. The van der Waals surface area contributed by atoms with Crippen LogP contribution in [0.25, 0.3) is 0 Å². The summed E-state index contributed by atoms with van der Waals surface area (Å²) in [4.78, 5) is 25.7. The van der Waals surface area contributed by atoms with E-state index in [1.54, 1.807) is 24.4 Å². The molecule has 1 amide bonds. The first kappa shape index (κ1) is 22.9. The number of rotatable bonds is 10. The van der Waals surface area contributed by atoms with Crippen molar-refractivity contribution in [3.05, 3.63) is 42.3 Å². The fraction of sp³-hybridized carbons (Fsp3) is 0.522. The lowest BCUT2D eigenvalue weighted by Gasteiger charge is -2.31. The third kappa shape index (κ3) is 6.89. The second kappa shape index (κ2) is 11.6. The summed E-state index contributed by atoms with van der Waals surface area (Å²) >= 11 is 0. The van der Waals surface area contributed by atoms with Gasteiger partial charge in [-0.3, -0.25) is 4.79 Å². The average Bonchev–Trinajstić information content (AvgIpc) is 2.81. The molecule has 0 atom stereocenters. The zero-order chi connectivity index (χ0) is 22.1. The SMILES string of the molecule is CCN(CC)CCCNC(=O)C1CCN(c2nccc(Oc3ccc(F)cc3)n2)CC1. The summed E-state index contributed by atoms with van der Waals surface area (Å²) in [5.41, 5.74) is 0. The number of nitrogens with zero attached hydrogens (tertiary/aromatic N) is 4. The largest absolute Gasteiger partial charge is 0.439 e. The highest BCUT2D eigenvalue weighted by molar-refractivity contribution is 5.78. The van der Waals surface area contributed by atoms with Crippen LogP contribution in [0.3, 0.4) is 0 Å². The molecule has 0 saturated carbocycles. The molecule has 1 N–H and O–H groups in total. The number of hydrogen-bond donors (Lipinski definition) is 1. The van der Waals surface area contributed by atoms with Crippen LogP contribution in [-0.2, 0) is 4.79 Å². The quantitative estimate of drug-likeness (QED) is 0.583. The third-order valence-corrected chi connectivity index (χ3v) is 5.65. The van der Waals surface area contributed by atoms with E-state index in [-0.39, 0.29) is 17.6 Å².